The maximum absolute atomic E-state index is 10.1. The summed E-state index contributed by atoms with van der Waals surface area (Å²) in [5, 5.41) is 2.63. The molecule has 0 radical (unpaired) electrons. The van der Waals surface area contributed by atoms with Gasteiger partial charge in [0.2, 0.25) is 6.41 Å². The summed E-state index contributed by atoms with van der Waals surface area (Å²) in [6.07, 6.45) is 0.711. The zero-order valence-electron chi connectivity index (χ0n) is 7.95. The molecule has 0 atom stereocenters. The van der Waals surface area contributed by atoms with Gasteiger partial charge in [-0.2, -0.15) is 0 Å². The van der Waals surface area contributed by atoms with Crippen LogP contribution in [0.15, 0.2) is 24.3 Å². The van der Waals surface area contributed by atoms with Crippen molar-refractivity contribution in [1.82, 2.24) is 5.32 Å². The first-order valence-corrected chi connectivity index (χ1v) is 4.17. The number of benzene rings is 1. The van der Waals surface area contributed by atoms with Gasteiger partial charge in [0.05, 0.1) is 0 Å². The molecular weight excluding hydrogens is 164 g/mol. The fourth-order valence-electron chi connectivity index (χ4n) is 1.10. The van der Waals surface area contributed by atoms with Gasteiger partial charge in [0, 0.05) is 26.3 Å². The van der Waals surface area contributed by atoms with Gasteiger partial charge in [0.25, 0.3) is 0 Å². The Balaban J connectivity index is 2.73. The minimum atomic E-state index is 0.588. The van der Waals surface area contributed by atoms with Crippen molar-refractivity contribution in [3.63, 3.8) is 0 Å². The SMILES string of the molecule is CN(C)c1cccc(CNC=O)c1. The van der Waals surface area contributed by atoms with E-state index in [1.807, 2.05) is 37.2 Å². The first kappa shape index (κ1) is 9.58. The first-order valence-electron chi connectivity index (χ1n) is 4.17. The molecule has 0 saturated heterocycles. The van der Waals surface area contributed by atoms with E-state index in [-0.39, 0.29) is 0 Å². The van der Waals surface area contributed by atoms with Gasteiger partial charge in [0.1, 0.15) is 0 Å². The van der Waals surface area contributed by atoms with E-state index in [0.717, 1.165) is 11.3 Å². The van der Waals surface area contributed by atoms with Gasteiger partial charge >= 0.3 is 0 Å². The van der Waals surface area contributed by atoms with E-state index in [2.05, 4.69) is 11.4 Å². The van der Waals surface area contributed by atoms with E-state index in [9.17, 15) is 4.79 Å². The van der Waals surface area contributed by atoms with Gasteiger partial charge in [-0.05, 0) is 17.7 Å². The van der Waals surface area contributed by atoms with Crippen LogP contribution < -0.4 is 10.2 Å². The van der Waals surface area contributed by atoms with Crippen molar-refractivity contribution in [1.29, 1.82) is 0 Å². The van der Waals surface area contributed by atoms with Crippen molar-refractivity contribution in [2.24, 2.45) is 0 Å². The van der Waals surface area contributed by atoms with Crippen LogP contribution in [-0.2, 0) is 11.3 Å². The fraction of sp³-hybridized carbons (Fsp3) is 0.300. The first-order chi connectivity index (χ1) is 6.24. The van der Waals surface area contributed by atoms with Crippen LogP contribution in [0.2, 0.25) is 0 Å². The van der Waals surface area contributed by atoms with Crippen molar-refractivity contribution in [3.05, 3.63) is 29.8 Å². The van der Waals surface area contributed by atoms with Crippen LogP contribution >= 0.6 is 0 Å². The number of nitrogens with one attached hydrogen (secondary N) is 1. The maximum Gasteiger partial charge on any atom is 0.207 e. The van der Waals surface area contributed by atoms with Gasteiger partial charge in [-0.25, -0.2) is 0 Å². The monoisotopic (exact) mass is 178 g/mol. The van der Waals surface area contributed by atoms with E-state index in [1.165, 1.54) is 0 Å². The summed E-state index contributed by atoms with van der Waals surface area (Å²) >= 11 is 0. The fourth-order valence-corrected chi connectivity index (χ4v) is 1.10. The summed E-state index contributed by atoms with van der Waals surface area (Å²) in [4.78, 5) is 12.1. The van der Waals surface area contributed by atoms with E-state index in [4.69, 9.17) is 0 Å². The number of amides is 1. The lowest BCUT2D eigenvalue weighted by atomic mass is 10.2. The predicted octanol–water partition coefficient (Wildman–Crippen LogP) is 0.999. The smallest absolute Gasteiger partial charge is 0.207 e. The Morgan fingerprint density at radius 1 is 1.46 bits per heavy atom. The number of anilines is 1. The molecule has 3 heteroatoms. The molecule has 0 unspecified atom stereocenters. The highest BCUT2D eigenvalue weighted by atomic mass is 16.1. The third kappa shape index (κ3) is 2.78. The molecule has 3 nitrogen and oxygen atoms in total. The molecule has 1 aromatic rings. The van der Waals surface area contributed by atoms with Crippen LogP contribution in [0, 0.1) is 0 Å². The van der Waals surface area contributed by atoms with Gasteiger partial charge in [0.15, 0.2) is 0 Å². The lowest BCUT2D eigenvalue weighted by Crippen LogP contribution is -2.12. The van der Waals surface area contributed by atoms with Crippen LogP contribution in [0.5, 0.6) is 0 Å². The maximum atomic E-state index is 10.1. The average Bonchev–Trinajstić information content (AvgIpc) is 2.15. The van der Waals surface area contributed by atoms with E-state index < -0.39 is 0 Å². The Morgan fingerprint density at radius 3 is 2.85 bits per heavy atom. The van der Waals surface area contributed by atoms with Crippen LogP contribution in [0.25, 0.3) is 0 Å². The molecule has 0 aliphatic carbocycles. The standard InChI is InChI=1S/C10H14N2O/c1-12(2)10-5-3-4-9(6-10)7-11-8-13/h3-6,8H,7H2,1-2H3,(H,11,13). The quantitative estimate of drug-likeness (QED) is 0.697. The molecular formula is C10H14N2O. The molecule has 1 amide bonds. The molecule has 0 heterocycles. The molecule has 0 saturated carbocycles. The van der Waals surface area contributed by atoms with E-state index in [0.29, 0.717) is 13.0 Å². The minimum absolute atomic E-state index is 0.588. The van der Waals surface area contributed by atoms with Gasteiger partial charge in [-0.3, -0.25) is 4.79 Å². The summed E-state index contributed by atoms with van der Waals surface area (Å²) in [5.74, 6) is 0. The molecule has 1 rings (SSSR count). The second-order valence-electron chi connectivity index (χ2n) is 3.06. The number of rotatable bonds is 4. The second-order valence-corrected chi connectivity index (χ2v) is 3.06. The minimum Gasteiger partial charge on any atom is -0.378 e. The summed E-state index contributed by atoms with van der Waals surface area (Å²) in [7, 11) is 3.98. The lowest BCUT2D eigenvalue weighted by molar-refractivity contribution is -0.109. The Kier molecular flexibility index (Phi) is 3.31. The number of carbonyl (C=O) groups excluding carboxylic acids is 1. The van der Waals surface area contributed by atoms with Gasteiger partial charge in [-0.1, -0.05) is 12.1 Å². The molecule has 0 bridgehead atoms. The van der Waals surface area contributed by atoms with Crippen molar-refractivity contribution < 1.29 is 4.79 Å². The zero-order chi connectivity index (χ0) is 9.68. The largest absolute Gasteiger partial charge is 0.378 e. The van der Waals surface area contributed by atoms with Crippen LogP contribution in [0.4, 0.5) is 5.69 Å². The van der Waals surface area contributed by atoms with Gasteiger partial charge in [-0.15, -0.1) is 0 Å². The third-order valence-electron chi connectivity index (χ3n) is 1.82. The molecule has 0 aliphatic rings. The molecule has 1 N–H and O–H groups in total. The molecule has 13 heavy (non-hydrogen) atoms. The van der Waals surface area contributed by atoms with Crippen molar-refractivity contribution in [2.75, 3.05) is 19.0 Å². The Bertz CT molecular complexity index is 284. The summed E-state index contributed by atoms with van der Waals surface area (Å²) in [5.41, 5.74) is 2.25. The molecule has 0 aromatic heterocycles. The lowest BCUT2D eigenvalue weighted by Gasteiger charge is -2.13. The molecule has 0 fully saturated rings. The molecule has 1 aromatic carbocycles. The summed E-state index contributed by atoms with van der Waals surface area (Å²) < 4.78 is 0. The average molecular weight is 178 g/mol. The van der Waals surface area contributed by atoms with E-state index in [1.54, 1.807) is 0 Å². The van der Waals surface area contributed by atoms with Crippen LogP contribution in [0.1, 0.15) is 5.56 Å². The second kappa shape index (κ2) is 4.50. The van der Waals surface area contributed by atoms with Crippen LogP contribution in [0.3, 0.4) is 0 Å². The number of carbonyl (C=O) groups is 1. The number of hydrogen-bond donors (Lipinski definition) is 1. The Hall–Kier alpha value is -1.51. The van der Waals surface area contributed by atoms with Crippen molar-refractivity contribution >= 4 is 12.1 Å². The summed E-state index contributed by atoms with van der Waals surface area (Å²) in [6, 6.07) is 8.06. The molecule has 0 aliphatic heterocycles. The highest BCUT2D eigenvalue weighted by Crippen LogP contribution is 2.12. The molecule has 70 valence electrons. The zero-order valence-corrected chi connectivity index (χ0v) is 7.95. The Morgan fingerprint density at radius 2 is 2.23 bits per heavy atom. The van der Waals surface area contributed by atoms with Gasteiger partial charge < -0.3 is 10.2 Å². The van der Waals surface area contributed by atoms with Crippen molar-refractivity contribution in [2.45, 2.75) is 6.54 Å². The molecule has 0 spiro atoms. The Labute approximate surface area is 78.4 Å². The predicted molar refractivity (Wildman–Crippen MR) is 53.7 cm³/mol. The van der Waals surface area contributed by atoms with E-state index >= 15 is 0 Å². The van der Waals surface area contributed by atoms with Crippen LogP contribution in [-0.4, -0.2) is 20.5 Å². The number of hydrogen-bond acceptors (Lipinski definition) is 2. The highest BCUT2D eigenvalue weighted by Gasteiger charge is 1.96. The highest BCUT2D eigenvalue weighted by molar-refractivity contribution is 5.49. The van der Waals surface area contributed by atoms with Crippen molar-refractivity contribution in [3.8, 4) is 0 Å². The third-order valence-corrected chi connectivity index (χ3v) is 1.82. The summed E-state index contributed by atoms with van der Waals surface area (Å²) in [6.45, 7) is 0.588. The number of nitrogens with zero attached hydrogens (tertiary/aromatic N) is 1. The topological polar surface area (TPSA) is 32.3 Å². The normalized spacial score (nSPS) is 9.38.